The van der Waals surface area contributed by atoms with Crippen molar-refractivity contribution in [3.63, 3.8) is 0 Å². The Bertz CT molecular complexity index is 663. The molecule has 0 bridgehead atoms. The standard InChI is InChI=1S/C16H12F2O2/c1-20-14-4-2-3-12(10-14)16(19)8-5-11-9-13(17)6-7-15(11)18/h2-10H,1H3. The molecule has 0 atom stereocenters. The first kappa shape index (κ1) is 13.9. The maximum atomic E-state index is 13.4. The highest BCUT2D eigenvalue weighted by molar-refractivity contribution is 6.07. The van der Waals surface area contributed by atoms with Crippen LogP contribution in [0.15, 0.2) is 48.5 Å². The molecule has 20 heavy (non-hydrogen) atoms. The molecule has 2 aromatic carbocycles. The minimum absolute atomic E-state index is 0.0289. The lowest BCUT2D eigenvalue weighted by Crippen LogP contribution is -1.95. The number of carbonyl (C=O) groups is 1. The summed E-state index contributed by atoms with van der Waals surface area (Å²) in [6.07, 6.45) is 2.45. The van der Waals surface area contributed by atoms with E-state index < -0.39 is 11.6 Å². The number of benzene rings is 2. The maximum absolute atomic E-state index is 13.4. The normalized spacial score (nSPS) is 10.8. The number of halogens is 2. The molecule has 0 aliphatic rings. The van der Waals surface area contributed by atoms with Crippen LogP contribution in [0.1, 0.15) is 15.9 Å². The zero-order valence-corrected chi connectivity index (χ0v) is 10.8. The fourth-order valence-corrected chi connectivity index (χ4v) is 1.68. The summed E-state index contributed by atoms with van der Waals surface area (Å²) in [7, 11) is 1.50. The van der Waals surface area contributed by atoms with Crippen LogP contribution in [0.3, 0.4) is 0 Å². The van der Waals surface area contributed by atoms with E-state index >= 15 is 0 Å². The summed E-state index contributed by atoms with van der Waals surface area (Å²) in [6, 6.07) is 9.67. The van der Waals surface area contributed by atoms with E-state index in [1.54, 1.807) is 24.3 Å². The molecule has 0 aromatic heterocycles. The van der Waals surface area contributed by atoms with Crippen molar-refractivity contribution in [2.24, 2.45) is 0 Å². The largest absolute Gasteiger partial charge is 0.497 e. The van der Waals surface area contributed by atoms with E-state index in [9.17, 15) is 13.6 Å². The molecule has 0 saturated heterocycles. The van der Waals surface area contributed by atoms with Crippen molar-refractivity contribution < 1.29 is 18.3 Å². The Balaban J connectivity index is 2.22. The second-order valence-electron chi connectivity index (χ2n) is 4.10. The van der Waals surface area contributed by atoms with Crippen molar-refractivity contribution in [3.05, 3.63) is 71.3 Å². The Morgan fingerprint density at radius 3 is 2.70 bits per heavy atom. The summed E-state index contributed by atoms with van der Waals surface area (Å²) in [5, 5.41) is 0. The first-order valence-corrected chi connectivity index (χ1v) is 5.91. The van der Waals surface area contributed by atoms with E-state index in [0.29, 0.717) is 11.3 Å². The lowest BCUT2D eigenvalue weighted by molar-refractivity contribution is 0.104. The summed E-state index contributed by atoms with van der Waals surface area (Å²) < 4.78 is 31.4. The van der Waals surface area contributed by atoms with Crippen LogP contribution < -0.4 is 4.74 Å². The Morgan fingerprint density at radius 1 is 1.15 bits per heavy atom. The van der Waals surface area contributed by atoms with Crippen molar-refractivity contribution in [1.82, 2.24) is 0 Å². The molecule has 0 heterocycles. The van der Waals surface area contributed by atoms with Gasteiger partial charge in [0.25, 0.3) is 0 Å². The number of hydrogen-bond donors (Lipinski definition) is 0. The van der Waals surface area contributed by atoms with Gasteiger partial charge in [0, 0.05) is 11.1 Å². The first-order valence-electron chi connectivity index (χ1n) is 5.91. The van der Waals surface area contributed by atoms with Crippen molar-refractivity contribution in [2.75, 3.05) is 7.11 Å². The minimum Gasteiger partial charge on any atom is -0.497 e. The second kappa shape index (κ2) is 6.10. The van der Waals surface area contributed by atoms with Gasteiger partial charge in [-0.25, -0.2) is 8.78 Å². The Labute approximate surface area is 115 Å². The number of ketones is 1. The van der Waals surface area contributed by atoms with Gasteiger partial charge >= 0.3 is 0 Å². The van der Waals surface area contributed by atoms with E-state index in [2.05, 4.69) is 0 Å². The predicted octanol–water partition coefficient (Wildman–Crippen LogP) is 3.87. The molecule has 0 fully saturated rings. The fourth-order valence-electron chi connectivity index (χ4n) is 1.68. The zero-order valence-electron chi connectivity index (χ0n) is 10.8. The van der Waals surface area contributed by atoms with Crippen LogP contribution in [0.25, 0.3) is 6.08 Å². The predicted molar refractivity (Wildman–Crippen MR) is 72.7 cm³/mol. The minimum atomic E-state index is -0.582. The topological polar surface area (TPSA) is 26.3 Å². The molecular formula is C16H12F2O2. The molecule has 0 radical (unpaired) electrons. The highest BCUT2D eigenvalue weighted by Crippen LogP contribution is 2.15. The molecule has 2 nitrogen and oxygen atoms in total. The van der Waals surface area contributed by atoms with Gasteiger partial charge in [-0.15, -0.1) is 0 Å². The SMILES string of the molecule is COc1cccc(C(=O)C=Cc2cc(F)ccc2F)c1. The number of hydrogen-bond acceptors (Lipinski definition) is 2. The van der Waals surface area contributed by atoms with Crippen LogP contribution >= 0.6 is 0 Å². The monoisotopic (exact) mass is 274 g/mol. The fraction of sp³-hybridized carbons (Fsp3) is 0.0625. The van der Waals surface area contributed by atoms with Crippen LogP contribution in [0, 0.1) is 11.6 Å². The summed E-state index contributed by atoms with van der Waals surface area (Å²) in [5.41, 5.74) is 0.443. The van der Waals surface area contributed by atoms with Crippen LogP contribution in [0.5, 0.6) is 5.75 Å². The lowest BCUT2D eigenvalue weighted by atomic mass is 10.1. The third kappa shape index (κ3) is 3.29. The van der Waals surface area contributed by atoms with Gasteiger partial charge in [-0.2, -0.15) is 0 Å². The molecule has 0 unspecified atom stereocenters. The molecule has 0 spiro atoms. The van der Waals surface area contributed by atoms with E-state index in [4.69, 9.17) is 4.74 Å². The maximum Gasteiger partial charge on any atom is 0.185 e. The van der Waals surface area contributed by atoms with E-state index in [0.717, 1.165) is 18.2 Å². The first-order chi connectivity index (χ1) is 9.60. The molecule has 0 N–H and O–H groups in total. The Kier molecular flexibility index (Phi) is 4.25. The van der Waals surface area contributed by atoms with Gasteiger partial charge in [-0.1, -0.05) is 12.1 Å². The van der Waals surface area contributed by atoms with Gasteiger partial charge in [0.15, 0.2) is 5.78 Å². The molecule has 0 amide bonds. The molecule has 2 rings (SSSR count). The smallest absolute Gasteiger partial charge is 0.185 e. The molecular weight excluding hydrogens is 262 g/mol. The lowest BCUT2D eigenvalue weighted by Gasteiger charge is -2.01. The number of carbonyl (C=O) groups excluding carboxylic acids is 1. The van der Waals surface area contributed by atoms with E-state index in [-0.39, 0.29) is 11.3 Å². The number of ether oxygens (including phenoxy) is 1. The third-order valence-corrected chi connectivity index (χ3v) is 2.73. The quantitative estimate of drug-likeness (QED) is 0.625. The van der Waals surface area contributed by atoms with Crippen LogP contribution in [-0.4, -0.2) is 12.9 Å². The van der Waals surface area contributed by atoms with Gasteiger partial charge in [0.05, 0.1) is 7.11 Å². The summed E-state index contributed by atoms with van der Waals surface area (Å²) in [6.45, 7) is 0. The van der Waals surface area contributed by atoms with Crippen LogP contribution in [-0.2, 0) is 0 Å². The Hall–Kier alpha value is -2.49. The Morgan fingerprint density at radius 2 is 1.95 bits per heavy atom. The van der Waals surface area contributed by atoms with Gasteiger partial charge in [0.2, 0.25) is 0 Å². The van der Waals surface area contributed by atoms with Crippen LogP contribution in [0.2, 0.25) is 0 Å². The van der Waals surface area contributed by atoms with Gasteiger partial charge in [-0.3, -0.25) is 4.79 Å². The highest BCUT2D eigenvalue weighted by Gasteiger charge is 2.05. The van der Waals surface area contributed by atoms with Gasteiger partial charge in [0.1, 0.15) is 17.4 Å². The molecule has 0 aliphatic carbocycles. The summed E-state index contributed by atoms with van der Waals surface area (Å²) in [5.74, 6) is -0.894. The van der Waals surface area contributed by atoms with Gasteiger partial charge < -0.3 is 4.74 Å². The van der Waals surface area contributed by atoms with Crippen molar-refractivity contribution in [2.45, 2.75) is 0 Å². The molecule has 102 valence electrons. The summed E-state index contributed by atoms with van der Waals surface area (Å²) >= 11 is 0. The molecule has 0 saturated carbocycles. The number of methoxy groups -OCH3 is 1. The van der Waals surface area contributed by atoms with Crippen LogP contribution in [0.4, 0.5) is 8.78 Å². The average Bonchev–Trinajstić information content (AvgIpc) is 2.48. The van der Waals surface area contributed by atoms with Crippen molar-refractivity contribution in [3.8, 4) is 5.75 Å². The average molecular weight is 274 g/mol. The third-order valence-electron chi connectivity index (χ3n) is 2.73. The molecule has 2 aromatic rings. The molecule has 0 aliphatic heterocycles. The van der Waals surface area contributed by atoms with Crippen molar-refractivity contribution >= 4 is 11.9 Å². The molecule has 4 heteroatoms. The van der Waals surface area contributed by atoms with E-state index in [1.807, 2.05) is 0 Å². The van der Waals surface area contributed by atoms with E-state index in [1.165, 1.54) is 19.3 Å². The van der Waals surface area contributed by atoms with Crippen molar-refractivity contribution in [1.29, 1.82) is 0 Å². The number of rotatable bonds is 4. The summed E-state index contributed by atoms with van der Waals surface area (Å²) in [4.78, 5) is 11.9. The second-order valence-corrected chi connectivity index (χ2v) is 4.10. The number of allylic oxidation sites excluding steroid dienone is 1. The van der Waals surface area contributed by atoms with Gasteiger partial charge in [-0.05, 0) is 42.5 Å². The highest BCUT2D eigenvalue weighted by atomic mass is 19.1. The zero-order chi connectivity index (χ0) is 14.5.